The lowest BCUT2D eigenvalue weighted by atomic mass is 9.98. The number of rotatable bonds is 8. The highest BCUT2D eigenvalue weighted by Crippen LogP contribution is 2.44. The van der Waals surface area contributed by atoms with Gasteiger partial charge in [0.15, 0.2) is 0 Å². The third-order valence-electron chi connectivity index (χ3n) is 5.84. The van der Waals surface area contributed by atoms with Crippen molar-refractivity contribution in [2.75, 3.05) is 13.2 Å². The molecule has 2 amide bonds. The number of carboxylic acids is 1. The fourth-order valence-electron chi connectivity index (χ4n) is 4.01. The highest BCUT2D eigenvalue weighted by Gasteiger charge is 2.28. The van der Waals surface area contributed by atoms with Crippen LogP contribution >= 0.6 is 0 Å². The van der Waals surface area contributed by atoms with Gasteiger partial charge in [0, 0.05) is 29.8 Å². The number of nitrogens with zero attached hydrogens (tertiary/aromatic N) is 1. The number of benzene rings is 2. The van der Waals surface area contributed by atoms with Crippen LogP contribution in [0.4, 0.5) is 4.79 Å². The Kier molecular flexibility index (Phi) is 7.21. The van der Waals surface area contributed by atoms with E-state index < -0.39 is 12.1 Å². The first-order chi connectivity index (χ1) is 16.9. The predicted octanol–water partition coefficient (Wildman–Crippen LogP) is 3.88. The van der Waals surface area contributed by atoms with E-state index in [4.69, 9.17) is 9.84 Å². The average Bonchev–Trinajstić information content (AvgIpc) is 3.20. The van der Waals surface area contributed by atoms with Gasteiger partial charge in [-0.2, -0.15) is 0 Å². The van der Waals surface area contributed by atoms with Crippen molar-refractivity contribution in [3.05, 3.63) is 101 Å². The van der Waals surface area contributed by atoms with Gasteiger partial charge in [0.1, 0.15) is 6.61 Å². The summed E-state index contributed by atoms with van der Waals surface area (Å²) in [6.07, 6.45) is 2.32. The third-order valence-corrected chi connectivity index (χ3v) is 5.84. The third kappa shape index (κ3) is 5.55. The van der Waals surface area contributed by atoms with Crippen molar-refractivity contribution in [2.24, 2.45) is 0 Å². The van der Waals surface area contributed by atoms with Crippen molar-refractivity contribution in [3.63, 3.8) is 0 Å². The van der Waals surface area contributed by atoms with Crippen LogP contribution < -0.4 is 10.6 Å². The molecule has 0 spiro atoms. The Hall–Kier alpha value is -4.46. The number of pyridine rings is 1. The van der Waals surface area contributed by atoms with Crippen LogP contribution in [0.15, 0.2) is 78.5 Å². The Balaban J connectivity index is 1.31. The Bertz CT molecular complexity index is 1260. The number of alkyl carbamates (subject to hydrolysis) is 1. The van der Waals surface area contributed by atoms with Crippen LogP contribution in [0.5, 0.6) is 0 Å². The van der Waals surface area contributed by atoms with Gasteiger partial charge in [0.2, 0.25) is 0 Å². The zero-order valence-corrected chi connectivity index (χ0v) is 19.2. The lowest BCUT2D eigenvalue weighted by Gasteiger charge is -2.14. The summed E-state index contributed by atoms with van der Waals surface area (Å²) in [5.41, 5.74) is 5.57. The van der Waals surface area contributed by atoms with Gasteiger partial charge in [0.05, 0.1) is 12.2 Å². The minimum atomic E-state index is -1.04. The number of carbonyl (C=O) groups is 3. The van der Waals surface area contributed by atoms with E-state index in [0.29, 0.717) is 11.3 Å². The summed E-state index contributed by atoms with van der Waals surface area (Å²) in [5.74, 6) is -1.44. The first-order valence-corrected chi connectivity index (χ1v) is 11.2. The molecule has 1 aromatic heterocycles. The molecule has 0 bridgehead atoms. The number of aliphatic carboxylic acids is 1. The van der Waals surface area contributed by atoms with Gasteiger partial charge in [-0.3, -0.25) is 9.78 Å². The minimum Gasteiger partial charge on any atom is -0.478 e. The molecule has 1 aliphatic rings. The molecule has 0 fully saturated rings. The molecular weight excluding hydrogens is 446 g/mol. The monoisotopic (exact) mass is 471 g/mol. The lowest BCUT2D eigenvalue weighted by Crippen LogP contribution is -2.27. The Labute approximate surface area is 202 Å². The fraction of sp³-hybridized carbons (Fsp3) is 0.185. The van der Waals surface area contributed by atoms with E-state index in [1.165, 1.54) is 19.2 Å². The molecule has 2 aromatic carbocycles. The first kappa shape index (κ1) is 23.7. The van der Waals surface area contributed by atoms with Gasteiger partial charge >= 0.3 is 12.1 Å². The average molecular weight is 472 g/mol. The molecular formula is C27H25N3O5. The number of amides is 2. The van der Waals surface area contributed by atoms with Gasteiger partial charge in [-0.15, -0.1) is 0 Å². The van der Waals surface area contributed by atoms with E-state index in [1.807, 2.05) is 24.3 Å². The molecule has 0 radical (unpaired) electrons. The van der Waals surface area contributed by atoms with Crippen molar-refractivity contribution in [1.29, 1.82) is 0 Å². The smallest absolute Gasteiger partial charge is 0.407 e. The first-order valence-electron chi connectivity index (χ1n) is 11.2. The Morgan fingerprint density at radius 2 is 1.66 bits per heavy atom. The van der Waals surface area contributed by atoms with Gasteiger partial charge in [-0.25, -0.2) is 9.59 Å². The van der Waals surface area contributed by atoms with E-state index >= 15 is 0 Å². The zero-order chi connectivity index (χ0) is 24.8. The molecule has 0 atom stereocenters. The lowest BCUT2D eigenvalue weighted by molar-refractivity contribution is -0.132. The van der Waals surface area contributed by atoms with E-state index in [2.05, 4.69) is 39.9 Å². The second-order valence-electron chi connectivity index (χ2n) is 8.12. The molecule has 3 N–H and O–H groups in total. The summed E-state index contributed by atoms with van der Waals surface area (Å²) in [5, 5.41) is 14.2. The van der Waals surface area contributed by atoms with Crippen molar-refractivity contribution in [1.82, 2.24) is 15.6 Å². The molecule has 1 aliphatic carbocycles. The highest BCUT2D eigenvalue weighted by molar-refractivity contribution is 5.94. The topological polar surface area (TPSA) is 118 Å². The number of carboxylic acid groups (broad SMARTS) is 1. The maximum absolute atomic E-state index is 12.4. The largest absolute Gasteiger partial charge is 0.478 e. The van der Waals surface area contributed by atoms with Crippen LogP contribution in [0.3, 0.4) is 0 Å². The summed E-state index contributed by atoms with van der Waals surface area (Å²) in [7, 11) is 0. The summed E-state index contributed by atoms with van der Waals surface area (Å²) < 4.78 is 5.52. The van der Waals surface area contributed by atoms with Crippen molar-refractivity contribution in [2.45, 2.75) is 19.4 Å². The van der Waals surface area contributed by atoms with Crippen LogP contribution in [0.2, 0.25) is 0 Å². The highest BCUT2D eigenvalue weighted by atomic mass is 16.5. The molecule has 0 aliphatic heterocycles. The summed E-state index contributed by atoms with van der Waals surface area (Å²) >= 11 is 0. The molecule has 8 nitrogen and oxygen atoms in total. The van der Waals surface area contributed by atoms with Crippen LogP contribution in [0.25, 0.3) is 11.1 Å². The van der Waals surface area contributed by atoms with Crippen molar-refractivity contribution < 1.29 is 24.2 Å². The normalized spacial score (nSPS) is 12.4. The quantitative estimate of drug-likeness (QED) is 0.429. The molecule has 3 aromatic rings. The maximum atomic E-state index is 12.4. The second-order valence-corrected chi connectivity index (χ2v) is 8.12. The fourth-order valence-corrected chi connectivity index (χ4v) is 4.01. The van der Waals surface area contributed by atoms with Crippen molar-refractivity contribution >= 4 is 18.0 Å². The molecule has 1 heterocycles. The number of nitrogens with one attached hydrogen (secondary N) is 2. The molecule has 0 saturated carbocycles. The Morgan fingerprint density at radius 3 is 2.31 bits per heavy atom. The Morgan fingerprint density at radius 1 is 1.00 bits per heavy atom. The van der Waals surface area contributed by atoms with Gasteiger partial charge in [0.25, 0.3) is 5.91 Å². The van der Waals surface area contributed by atoms with E-state index in [9.17, 15) is 14.4 Å². The predicted molar refractivity (Wildman–Crippen MR) is 130 cm³/mol. The van der Waals surface area contributed by atoms with Crippen molar-refractivity contribution in [3.8, 4) is 11.1 Å². The van der Waals surface area contributed by atoms with Crippen LogP contribution in [0.1, 0.15) is 40.0 Å². The number of hydrogen-bond donors (Lipinski definition) is 3. The standard InChI is InChI=1S/C27H25N3O5/c1-17(26(32)33)10-12-29-25(31)18-11-13-28-19(14-18)15-30-27(34)35-16-24-22-8-4-2-6-20(22)21-7-3-5-9-23(21)24/h2-11,13-14,24H,12,15-16H2,1H3,(H,29,31)(H,30,34)(H,32,33)/b17-10+. The van der Waals surface area contributed by atoms with Crippen LogP contribution in [0, 0.1) is 0 Å². The zero-order valence-electron chi connectivity index (χ0n) is 19.2. The van der Waals surface area contributed by atoms with Crippen LogP contribution in [-0.4, -0.2) is 41.2 Å². The van der Waals surface area contributed by atoms with Gasteiger partial charge in [-0.05, 0) is 41.3 Å². The van der Waals surface area contributed by atoms with Gasteiger partial charge in [-0.1, -0.05) is 54.6 Å². The number of aromatic nitrogens is 1. The van der Waals surface area contributed by atoms with Gasteiger partial charge < -0.3 is 20.5 Å². The molecule has 0 saturated heterocycles. The van der Waals surface area contributed by atoms with E-state index in [-0.39, 0.29) is 37.1 Å². The molecule has 178 valence electrons. The molecule has 8 heteroatoms. The molecule has 4 rings (SSSR count). The summed E-state index contributed by atoms with van der Waals surface area (Å²) in [4.78, 5) is 39.7. The maximum Gasteiger partial charge on any atom is 0.407 e. The molecule has 35 heavy (non-hydrogen) atoms. The van der Waals surface area contributed by atoms with E-state index in [0.717, 1.165) is 22.3 Å². The minimum absolute atomic E-state index is 0.0305. The SMILES string of the molecule is C/C(=C\CNC(=O)c1ccnc(CNC(=O)OCC2c3ccccc3-c3ccccc32)c1)C(=O)O. The number of ether oxygens (including phenoxy) is 1. The summed E-state index contributed by atoms with van der Waals surface area (Å²) in [6.45, 7) is 1.84. The number of hydrogen-bond acceptors (Lipinski definition) is 5. The number of carbonyl (C=O) groups excluding carboxylic acids is 2. The number of fused-ring (bicyclic) bond motifs is 3. The summed E-state index contributed by atoms with van der Waals surface area (Å²) in [6, 6.07) is 19.3. The van der Waals surface area contributed by atoms with E-state index in [1.54, 1.807) is 12.1 Å². The van der Waals surface area contributed by atoms with Crippen LogP contribution in [-0.2, 0) is 16.1 Å². The second kappa shape index (κ2) is 10.6. The molecule has 0 unspecified atom stereocenters.